The van der Waals surface area contributed by atoms with Crippen LogP contribution in [0.15, 0.2) is 15.8 Å². The van der Waals surface area contributed by atoms with E-state index in [4.69, 9.17) is 4.91 Å². The first kappa shape index (κ1) is 7.20. The normalized spacial score (nSPS) is 8.89. The summed E-state index contributed by atoms with van der Waals surface area (Å²) in [6.07, 6.45) is 0. The predicted octanol–water partition coefficient (Wildman–Crippen LogP) is -0.252. The van der Waals surface area contributed by atoms with Gasteiger partial charge >= 0.3 is 0 Å². The van der Waals surface area contributed by atoms with E-state index in [-0.39, 0.29) is 0 Å². The van der Waals surface area contributed by atoms with Gasteiger partial charge in [-0.05, 0) is 0 Å². The lowest BCUT2D eigenvalue weighted by Gasteiger charge is -1.84. The number of nitroso groups, excluding NO2 is 1. The second-order valence-electron chi connectivity index (χ2n) is 0.692. The molecule has 0 fully saturated rings. The van der Waals surface area contributed by atoms with Gasteiger partial charge < -0.3 is 0 Å². The Bertz CT molecular complexity index is 127. The summed E-state index contributed by atoms with van der Waals surface area (Å²) in [5.41, 5.74) is 1.14. The van der Waals surface area contributed by atoms with Gasteiger partial charge in [0.15, 0.2) is 5.03 Å². The minimum absolute atomic E-state index is 1.02. The molecule has 0 aliphatic rings. The summed E-state index contributed by atoms with van der Waals surface area (Å²) >= 11 is 0. The lowest BCUT2D eigenvalue weighted by molar-refractivity contribution is -0.607. The van der Waals surface area contributed by atoms with Gasteiger partial charge in [-0.1, -0.05) is 0 Å². The second kappa shape index (κ2) is 4.36. The minimum Gasteiger partial charge on any atom is -0.232 e. The van der Waals surface area contributed by atoms with Crippen molar-refractivity contribution >= 4 is 0 Å². The van der Waals surface area contributed by atoms with E-state index in [1.807, 2.05) is 5.29 Å². The van der Waals surface area contributed by atoms with Crippen LogP contribution in [0.1, 0.15) is 0 Å². The molecule has 50 valence electrons. The molecule has 9 heavy (non-hydrogen) atoms. The van der Waals surface area contributed by atoms with Gasteiger partial charge in [-0.2, -0.15) is 4.94 Å². The van der Waals surface area contributed by atoms with Crippen molar-refractivity contribution in [1.29, 1.82) is 0 Å². The average molecular weight is 135 g/mol. The van der Waals surface area contributed by atoms with Crippen LogP contribution in [0.25, 0.3) is 0 Å². The van der Waals surface area contributed by atoms with Crippen molar-refractivity contribution in [2.75, 3.05) is 0 Å². The summed E-state index contributed by atoms with van der Waals surface area (Å²) < 4.78 is 0. The van der Waals surface area contributed by atoms with Gasteiger partial charge in [0, 0.05) is 5.22 Å². The molecule has 0 aromatic heterocycles. The van der Waals surface area contributed by atoms with Gasteiger partial charge in [0.2, 0.25) is 0 Å². The Hall–Kier alpha value is -1.80. The zero-order valence-corrected chi connectivity index (χ0v) is 3.92. The van der Waals surface area contributed by atoms with E-state index >= 15 is 0 Å². The molecule has 0 amide bonds. The van der Waals surface area contributed by atoms with E-state index in [2.05, 4.69) is 15.4 Å². The summed E-state index contributed by atoms with van der Waals surface area (Å²) in [6.45, 7) is 0. The maximum Gasteiger partial charge on any atom is 0.196 e. The molecule has 0 rings (SSSR count). The standard InChI is InChI=1S/HN5O4/c6-2-1-3-9-4-5(7)8/h4H. The molecule has 0 spiro atoms. The monoisotopic (exact) mass is 135 g/mol. The molecule has 9 heteroatoms. The van der Waals surface area contributed by atoms with Crippen LogP contribution in [-0.4, -0.2) is 5.03 Å². The molecule has 0 aliphatic carbocycles. The largest absolute Gasteiger partial charge is 0.232 e. The second-order valence-corrected chi connectivity index (χ2v) is 0.692. The Labute approximate surface area is 47.7 Å². The number of hydrazine groups is 1. The van der Waals surface area contributed by atoms with Crippen LogP contribution in [-0.2, 0) is 4.94 Å². The van der Waals surface area contributed by atoms with Crippen LogP contribution in [0.4, 0.5) is 0 Å². The van der Waals surface area contributed by atoms with E-state index in [9.17, 15) is 10.1 Å². The average Bonchev–Trinajstić information content (AvgIpc) is 1.80. The summed E-state index contributed by atoms with van der Waals surface area (Å²) in [7, 11) is 0. The molecule has 0 atom stereocenters. The van der Waals surface area contributed by atoms with Crippen LogP contribution in [0.3, 0.4) is 0 Å². The summed E-state index contributed by atoms with van der Waals surface area (Å²) in [5, 5.41) is 14.9. The summed E-state index contributed by atoms with van der Waals surface area (Å²) in [5.74, 6) is 0. The van der Waals surface area contributed by atoms with E-state index in [0.29, 0.717) is 0 Å². The fraction of sp³-hybridized carbons (Fsp3) is 0. The Kier molecular flexibility index (Phi) is 3.49. The van der Waals surface area contributed by atoms with E-state index < -0.39 is 5.03 Å². The molecule has 0 aromatic rings. The van der Waals surface area contributed by atoms with Crippen molar-refractivity contribution < 1.29 is 9.97 Å². The maximum atomic E-state index is 9.32. The molecule has 0 heterocycles. The molecule has 0 saturated carbocycles. The third-order valence-corrected chi connectivity index (χ3v) is 0.229. The molecular formula is HN5O4. The fourth-order valence-electron chi connectivity index (χ4n) is 0.0848. The molecule has 9 nitrogen and oxygen atoms in total. The zero-order valence-electron chi connectivity index (χ0n) is 3.92. The summed E-state index contributed by atoms with van der Waals surface area (Å²) in [6, 6.07) is 0. The van der Waals surface area contributed by atoms with Gasteiger partial charge in [-0.3, -0.25) is 0 Å². The van der Waals surface area contributed by atoms with Crippen molar-refractivity contribution in [2.45, 2.75) is 0 Å². The van der Waals surface area contributed by atoms with Crippen molar-refractivity contribution in [3.05, 3.63) is 15.0 Å². The van der Waals surface area contributed by atoms with Crippen molar-refractivity contribution in [3.8, 4) is 0 Å². The van der Waals surface area contributed by atoms with E-state index in [1.165, 1.54) is 0 Å². The molecule has 0 unspecified atom stereocenters. The topological polar surface area (TPSA) is 119 Å². The van der Waals surface area contributed by atoms with Crippen LogP contribution < -0.4 is 5.59 Å². The third-order valence-electron chi connectivity index (χ3n) is 0.229. The minimum atomic E-state index is -1.02. The number of hydrogen-bond donors (Lipinski definition) is 1. The Morgan fingerprint density at radius 2 is 2.33 bits per heavy atom. The Balaban J connectivity index is 3.19. The number of nitro groups is 1. The molecule has 0 saturated heterocycles. The van der Waals surface area contributed by atoms with Gasteiger partial charge in [0.1, 0.15) is 5.29 Å². The van der Waals surface area contributed by atoms with Gasteiger partial charge in [-0.15, -0.1) is 4.91 Å². The third kappa shape index (κ3) is 6.20. The van der Waals surface area contributed by atoms with Gasteiger partial charge in [0.05, 0.1) is 10.9 Å². The molecule has 0 radical (unpaired) electrons. The van der Waals surface area contributed by atoms with E-state index in [1.54, 1.807) is 0 Å². The van der Waals surface area contributed by atoms with Crippen LogP contribution in [0.2, 0.25) is 0 Å². The molecule has 1 N–H and O–H groups in total. The lowest BCUT2D eigenvalue weighted by atomic mass is 12.6. The first-order valence-electron chi connectivity index (χ1n) is 1.56. The van der Waals surface area contributed by atoms with Gasteiger partial charge in [0.25, 0.3) is 0 Å². The quantitative estimate of drug-likeness (QED) is 0.246. The molecule has 0 bridgehead atoms. The maximum absolute atomic E-state index is 9.32. The smallest absolute Gasteiger partial charge is 0.196 e. The Morgan fingerprint density at radius 3 is 2.78 bits per heavy atom. The van der Waals surface area contributed by atoms with Gasteiger partial charge in [-0.25, -0.2) is 10.1 Å². The SMILES string of the molecule is O=NN=NON[N+](=O)[O-]. The highest BCUT2D eigenvalue weighted by atomic mass is 16.9. The van der Waals surface area contributed by atoms with Crippen molar-refractivity contribution in [2.24, 2.45) is 15.8 Å². The predicted molar refractivity (Wildman–Crippen MR) is 21.9 cm³/mol. The number of hydrogen-bond acceptors (Lipinski definition) is 5. The fourth-order valence-corrected chi connectivity index (χ4v) is 0.0848. The first-order valence-corrected chi connectivity index (χ1v) is 1.56. The zero-order chi connectivity index (χ0) is 7.11. The lowest BCUT2D eigenvalue weighted by Crippen LogP contribution is -2.18. The first-order chi connectivity index (χ1) is 4.27. The van der Waals surface area contributed by atoms with Crippen molar-refractivity contribution in [3.63, 3.8) is 0 Å². The highest BCUT2D eigenvalue weighted by molar-refractivity contribution is 4.04. The summed E-state index contributed by atoms with van der Waals surface area (Å²) in [4.78, 5) is 21.9. The molecular weight excluding hydrogens is 134 g/mol. The van der Waals surface area contributed by atoms with E-state index in [0.717, 1.165) is 5.59 Å². The van der Waals surface area contributed by atoms with Crippen LogP contribution >= 0.6 is 0 Å². The number of rotatable bonds is 4. The van der Waals surface area contributed by atoms with Crippen molar-refractivity contribution in [1.82, 2.24) is 5.59 Å². The highest BCUT2D eigenvalue weighted by Crippen LogP contribution is 1.73. The number of nitrogens with one attached hydrogen (secondary N) is 1. The highest BCUT2D eigenvalue weighted by Gasteiger charge is 1.87. The van der Waals surface area contributed by atoms with Crippen LogP contribution in [0, 0.1) is 15.0 Å². The number of nitrogens with zero attached hydrogens (tertiary/aromatic N) is 4. The Morgan fingerprint density at radius 1 is 1.67 bits per heavy atom. The molecule has 0 aliphatic heterocycles. The van der Waals surface area contributed by atoms with Crippen LogP contribution in [0.5, 0.6) is 0 Å². The molecule has 0 aromatic carbocycles.